The zero-order chi connectivity index (χ0) is 17.1. The van der Waals surface area contributed by atoms with Crippen LogP contribution in [0, 0.1) is 0 Å². The van der Waals surface area contributed by atoms with Crippen molar-refractivity contribution in [2.45, 2.75) is 31.7 Å². The third-order valence-electron chi connectivity index (χ3n) is 4.68. The highest BCUT2D eigenvalue weighted by Crippen LogP contribution is 2.24. The highest BCUT2D eigenvalue weighted by Gasteiger charge is 2.25. The molecule has 0 aliphatic carbocycles. The minimum Gasteiger partial charge on any atom is -0.468 e. The predicted octanol–water partition coefficient (Wildman–Crippen LogP) is 2.87. The van der Waals surface area contributed by atoms with Crippen molar-refractivity contribution in [3.05, 3.63) is 47.6 Å². The summed E-state index contributed by atoms with van der Waals surface area (Å²) in [4.78, 5) is 20.2. The fourth-order valence-corrected chi connectivity index (χ4v) is 4.14. The van der Waals surface area contributed by atoms with Gasteiger partial charge in [0.05, 0.1) is 24.4 Å². The predicted molar refractivity (Wildman–Crippen MR) is 96.7 cm³/mol. The van der Waals surface area contributed by atoms with Gasteiger partial charge < -0.3 is 9.73 Å². The van der Waals surface area contributed by atoms with E-state index in [-0.39, 0.29) is 11.9 Å². The van der Waals surface area contributed by atoms with Crippen LogP contribution >= 0.6 is 11.3 Å². The third-order valence-corrected chi connectivity index (χ3v) is 5.45. The van der Waals surface area contributed by atoms with Crippen molar-refractivity contribution in [2.24, 2.45) is 0 Å². The van der Waals surface area contributed by atoms with Crippen LogP contribution < -0.4 is 5.32 Å². The zero-order valence-electron chi connectivity index (χ0n) is 14.1. The molecule has 0 radical (unpaired) electrons. The molecule has 1 saturated heterocycles. The summed E-state index contributed by atoms with van der Waals surface area (Å²) in [5, 5.41) is 5.05. The van der Waals surface area contributed by atoms with E-state index >= 15 is 0 Å². The van der Waals surface area contributed by atoms with Crippen molar-refractivity contribution in [1.82, 2.24) is 19.6 Å². The molecule has 1 aliphatic rings. The quantitative estimate of drug-likeness (QED) is 0.736. The van der Waals surface area contributed by atoms with Crippen LogP contribution in [-0.4, -0.2) is 39.8 Å². The Morgan fingerprint density at radius 1 is 1.36 bits per heavy atom. The molecule has 3 aromatic heterocycles. The molecule has 0 aromatic carbocycles. The van der Waals surface area contributed by atoms with E-state index in [2.05, 4.69) is 15.2 Å². The van der Waals surface area contributed by atoms with Gasteiger partial charge in [-0.15, -0.1) is 11.3 Å². The average molecular weight is 358 g/mol. The van der Waals surface area contributed by atoms with Crippen LogP contribution in [0.25, 0.3) is 4.96 Å². The van der Waals surface area contributed by atoms with Gasteiger partial charge >= 0.3 is 0 Å². The van der Waals surface area contributed by atoms with Crippen LogP contribution in [0.4, 0.5) is 0 Å². The number of fused-ring (bicyclic) bond motifs is 1. The summed E-state index contributed by atoms with van der Waals surface area (Å²) >= 11 is 1.57. The molecule has 0 saturated carbocycles. The smallest absolute Gasteiger partial charge is 0.226 e. The molecule has 25 heavy (non-hydrogen) atoms. The number of carbonyl (C=O) groups excluding carboxylic acids is 1. The zero-order valence-corrected chi connectivity index (χ0v) is 14.9. The Morgan fingerprint density at radius 3 is 3.00 bits per heavy atom. The second-order valence-electron chi connectivity index (χ2n) is 6.43. The molecule has 1 amide bonds. The molecule has 1 unspecified atom stereocenters. The molecule has 4 rings (SSSR count). The Morgan fingerprint density at radius 2 is 2.24 bits per heavy atom. The highest BCUT2D eigenvalue weighted by molar-refractivity contribution is 7.15. The number of amides is 1. The first-order valence-electron chi connectivity index (χ1n) is 8.75. The first kappa shape index (κ1) is 16.4. The fraction of sp³-hybridized carbons (Fsp3) is 0.444. The first-order chi connectivity index (χ1) is 12.3. The summed E-state index contributed by atoms with van der Waals surface area (Å²) in [5.74, 6) is 0.920. The maximum atomic E-state index is 12.4. The van der Waals surface area contributed by atoms with E-state index < -0.39 is 0 Å². The van der Waals surface area contributed by atoms with Crippen molar-refractivity contribution >= 4 is 22.2 Å². The Kier molecular flexibility index (Phi) is 4.85. The molecule has 3 aromatic rings. The summed E-state index contributed by atoms with van der Waals surface area (Å²) in [5.41, 5.74) is 0.803. The standard InChI is InChI=1S/C18H22N4O2S/c23-17(11-14-13-22-8-10-25-18(22)20-14)19-12-15(16-5-4-9-24-16)21-6-2-1-3-7-21/h4-5,8-10,13,15H,1-3,6-7,11-12H2,(H,19,23). The molecule has 7 heteroatoms. The number of hydrogen-bond acceptors (Lipinski definition) is 5. The molecule has 1 atom stereocenters. The molecular formula is C18H22N4O2S. The van der Waals surface area contributed by atoms with Gasteiger partial charge in [-0.2, -0.15) is 0 Å². The van der Waals surface area contributed by atoms with Crippen LogP contribution in [-0.2, 0) is 11.2 Å². The van der Waals surface area contributed by atoms with Gasteiger partial charge in [0.15, 0.2) is 4.96 Å². The van der Waals surface area contributed by atoms with Crippen LogP contribution in [0.15, 0.2) is 40.6 Å². The van der Waals surface area contributed by atoms with E-state index in [1.807, 2.05) is 34.3 Å². The van der Waals surface area contributed by atoms with Crippen molar-refractivity contribution in [1.29, 1.82) is 0 Å². The lowest BCUT2D eigenvalue weighted by atomic mass is 10.1. The number of nitrogens with zero attached hydrogens (tertiary/aromatic N) is 3. The number of likely N-dealkylation sites (tertiary alicyclic amines) is 1. The Hall–Kier alpha value is -2.12. The minimum atomic E-state index is -0.000631. The van der Waals surface area contributed by atoms with E-state index in [0.717, 1.165) is 29.5 Å². The van der Waals surface area contributed by atoms with Crippen molar-refractivity contribution < 1.29 is 9.21 Å². The lowest BCUT2D eigenvalue weighted by Crippen LogP contribution is -2.40. The van der Waals surface area contributed by atoms with Gasteiger partial charge in [0.2, 0.25) is 5.91 Å². The Labute approximate surface area is 150 Å². The number of hydrogen-bond donors (Lipinski definition) is 1. The topological polar surface area (TPSA) is 62.8 Å². The monoisotopic (exact) mass is 358 g/mol. The minimum absolute atomic E-state index is 0.000631. The molecule has 4 heterocycles. The summed E-state index contributed by atoms with van der Waals surface area (Å²) < 4.78 is 7.57. The molecule has 1 N–H and O–H groups in total. The van der Waals surface area contributed by atoms with Crippen molar-refractivity contribution in [2.75, 3.05) is 19.6 Å². The number of furan rings is 1. The van der Waals surface area contributed by atoms with Gasteiger partial charge in [0.25, 0.3) is 0 Å². The molecule has 132 valence electrons. The van der Waals surface area contributed by atoms with Crippen LogP contribution in [0.2, 0.25) is 0 Å². The number of carbonyl (C=O) groups is 1. The second kappa shape index (κ2) is 7.41. The first-order valence-corrected chi connectivity index (χ1v) is 9.63. The maximum absolute atomic E-state index is 12.4. The number of thiazole rings is 1. The Balaban J connectivity index is 1.38. The van der Waals surface area contributed by atoms with Gasteiger partial charge in [-0.05, 0) is 38.1 Å². The lowest BCUT2D eigenvalue weighted by Gasteiger charge is -2.33. The summed E-state index contributed by atoms with van der Waals surface area (Å²) in [7, 11) is 0. The van der Waals surface area contributed by atoms with Crippen LogP contribution in [0.1, 0.15) is 36.8 Å². The van der Waals surface area contributed by atoms with Crippen LogP contribution in [0.3, 0.4) is 0 Å². The van der Waals surface area contributed by atoms with Gasteiger partial charge in [-0.1, -0.05) is 6.42 Å². The molecule has 6 nitrogen and oxygen atoms in total. The van der Waals surface area contributed by atoms with Crippen molar-refractivity contribution in [3.63, 3.8) is 0 Å². The van der Waals surface area contributed by atoms with Gasteiger partial charge in [0.1, 0.15) is 5.76 Å². The maximum Gasteiger partial charge on any atom is 0.226 e. The summed E-state index contributed by atoms with van der Waals surface area (Å²) in [6, 6.07) is 4.01. The molecule has 0 spiro atoms. The normalized spacial score (nSPS) is 17.0. The number of piperidine rings is 1. The molecular weight excluding hydrogens is 336 g/mol. The van der Waals surface area contributed by atoms with Gasteiger partial charge in [-0.25, -0.2) is 4.98 Å². The van der Waals surface area contributed by atoms with E-state index in [1.54, 1.807) is 17.6 Å². The highest BCUT2D eigenvalue weighted by atomic mass is 32.1. The van der Waals surface area contributed by atoms with E-state index in [9.17, 15) is 4.79 Å². The lowest BCUT2D eigenvalue weighted by molar-refractivity contribution is -0.120. The fourth-order valence-electron chi connectivity index (χ4n) is 3.42. The van der Waals surface area contributed by atoms with Gasteiger partial charge in [-0.3, -0.25) is 14.1 Å². The van der Waals surface area contributed by atoms with Crippen molar-refractivity contribution in [3.8, 4) is 0 Å². The SMILES string of the molecule is O=C(Cc1cn2ccsc2n1)NCC(c1ccco1)N1CCCCC1. The number of rotatable bonds is 6. The second-order valence-corrected chi connectivity index (χ2v) is 7.31. The molecule has 0 bridgehead atoms. The largest absolute Gasteiger partial charge is 0.468 e. The van der Waals surface area contributed by atoms with E-state index in [4.69, 9.17) is 4.42 Å². The Bertz CT molecular complexity index is 789. The van der Waals surface area contributed by atoms with E-state index in [1.165, 1.54) is 19.3 Å². The van der Waals surface area contributed by atoms with Gasteiger partial charge in [0, 0.05) is 24.3 Å². The van der Waals surface area contributed by atoms with Crippen LogP contribution in [0.5, 0.6) is 0 Å². The number of nitrogens with one attached hydrogen (secondary N) is 1. The van der Waals surface area contributed by atoms with E-state index in [0.29, 0.717) is 13.0 Å². The number of aromatic nitrogens is 2. The average Bonchev–Trinajstić information content (AvgIpc) is 3.33. The summed E-state index contributed by atoms with van der Waals surface area (Å²) in [6.07, 6.45) is 9.57. The molecule has 1 aliphatic heterocycles. The third kappa shape index (κ3) is 3.77. The molecule has 1 fully saturated rings. The number of imidazole rings is 1. The summed E-state index contributed by atoms with van der Waals surface area (Å²) in [6.45, 7) is 2.67.